The molecule has 0 aliphatic rings. The lowest BCUT2D eigenvalue weighted by Crippen LogP contribution is -2.34. The van der Waals surface area contributed by atoms with Crippen molar-refractivity contribution >= 4 is 25.6 Å². The van der Waals surface area contributed by atoms with Crippen LogP contribution in [0.25, 0.3) is 0 Å². The highest BCUT2D eigenvalue weighted by Gasteiger charge is 2.25. The van der Waals surface area contributed by atoms with Crippen molar-refractivity contribution in [3.8, 4) is 0 Å². The van der Waals surface area contributed by atoms with Crippen molar-refractivity contribution in [1.82, 2.24) is 4.13 Å². The summed E-state index contributed by atoms with van der Waals surface area (Å²) in [5, 5.41) is 5.39. The van der Waals surface area contributed by atoms with Gasteiger partial charge in [-0.3, -0.25) is 4.55 Å². The molecule has 0 unspecified atom stereocenters. The number of sulfonamides is 1. The molecule has 0 aliphatic carbocycles. The third-order valence-corrected chi connectivity index (χ3v) is 2.62. The van der Waals surface area contributed by atoms with Crippen LogP contribution in [0.5, 0.6) is 0 Å². The molecule has 66 valence electrons. The topological polar surface area (TPSA) is 138 Å². The maximum atomic E-state index is 10.1. The Morgan fingerprint density at radius 3 is 1.64 bits per heavy atom. The number of rotatable bonds is 2. The van der Waals surface area contributed by atoms with Gasteiger partial charge in [0.05, 0.1) is 0 Å². The molecule has 0 aromatic heterocycles. The number of carboxylic acid groups (broad SMARTS) is 1. The van der Waals surface area contributed by atoms with Crippen LogP contribution in [0.2, 0.25) is 0 Å². The van der Waals surface area contributed by atoms with Crippen molar-refractivity contribution in [3.05, 3.63) is 0 Å². The van der Waals surface area contributed by atoms with Crippen LogP contribution in [0.15, 0.2) is 0 Å². The molecule has 0 aromatic carbocycles. The summed E-state index contributed by atoms with van der Waals surface area (Å²) < 4.78 is 48.0. The fraction of sp³-hybridized carbons (Fsp3) is 0. The second-order valence-corrected chi connectivity index (χ2v) is 4.30. The van der Waals surface area contributed by atoms with Gasteiger partial charge in [0.2, 0.25) is 0 Å². The molecule has 10 heteroatoms. The summed E-state index contributed by atoms with van der Waals surface area (Å²) in [5.41, 5.74) is 0. The van der Waals surface area contributed by atoms with Crippen LogP contribution in [0.3, 0.4) is 0 Å². The maximum Gasteiger partial charge on any atom is 0.438 e. The lowest BCUT2D eigenvalue weighted by atomic mass is 11.6. The lowest BCUT2D eigenvalue weighted by Gasteiger charge is -1.95. The predicted molar refractivity (Wildman–Crippen MR) is 31.6 cm³/mol. The standard InChI is InChI=1S/CH3NO7S2/c3-1(4)10(5,6)2-11(7,8)9/h2H,(H,3,4)(H,7,8,9). The van der Waals surface area contributed by atoms with Crippen LogP contribution in [0, 0.1) is 0 Å². The maximum absolute atomic E-state index is 10.1. The van der Waals surface area contributed by atoms with Crippen molar-refractivity contribution in [2.75, 3.05) is 0 Å². The summed E-state index contributed by atoms with van der Waals surface area (Å²) in [4.78, 5) is 9.67. The molecule has 0 amide bonds. The van der Waals surface area contributed by atoms with Gasteiger partial charge in [0.15, 0.2) is 0 Å². The Balaban J connectivity index is 4.83. The van der Waals surface area contributed by atoms with E-state index in [0.717, 1.165) is 0 Å². The first-order valence-corrected chi connectivity index (χ1v) is 4.81. The Kier molecular flexibility index (Phi) is 2.55. The van der Waals surface area contributed by atoms with Gasteiger partial charge in [0.1, 0.15) is 0 Å². The molecule has 0 rings (SSSR count). The summed E-state index contributed by atoms with van der Waals surface area (Å²) in [6.07, 6.45) is 0. The van der Waals surface area contributed by atoms with E-state index in [1.165, 1.54) is 0 Å². The molecule has 0 fully saturated rings. The Morgan fingerprint density at radius 1 is 1.18 bits per heavy atom. The second-order valence-electron chi connectivity index (χ2n) is 1.33. The number of nitrogens with one attached hydrogen (secondary N) is 1. The molecule has 0 saturated heterocycles. The number of hydrogen-bond donors (Lipinski definition) is 3. The van der Waals surface area contributed by atoms with Crippen LogP contribution in [-0.2, 0) is 20.3 Å². The van der Waals surface area contributed by atoms with Gasteiger partial charge >= 0.3 is 25.6 Å². The highest BCUT2D eigenvalue weighted by molar-refractivity contribution is 8.11. The zero-order chi connectivity index (χ0) is 9.28. The minimum absolute atomic E-state index is 0.495. The first-order chi connectivity index (χ1) is 4.65. The average molecular weight is 205 g/mol. The Bertz CT molecular complexity index is 346. The van der Waals surface area contributed by atoms with E-state index in [1.54, 1.807) is 0 Å². The van der Waals surface area contributed by atoms with Crippen molar-refractivity contribution in [3.63, 3.8) is 0 Å². The summed E-state index contributed by atoms with van der Waals surface area (Å²) in [5.74, 6) is 0. The van der Waals surface area contributed by atoms with Gasteiger partial charge in [-0.05, 0) is 0 Å². The van der Waals surface area contributed by atoms with E-state index in [2.05, 4.69) is 0 Å². The molecule has 0 radical (unpaired) electrons. The predicted octanol–water partition coefficient (Wildman–Crippen LogP) is -1.61. The molecule has 3 N–H and O–H groups in total. The van der Waals surface area contributed by atoms with Crippen molar-refractivity contribution in [2.24, 2.45) is 0 Å². The minimum Gasteiger partial charge on any atom is -0.469 e. The van der Waals surface area contributed by atoms with Crippen molar-refractivity contribution in [1.29, 1.82) is 0 Å². The smallest absolute Gasteiger partial charge is 0.438 e. The van der Waals surface area contributed by atoms with Crippen molar-refractivity contribution < 1.29 is 31.3 Å². The van der Waals surface area contributed by atoms with Gasteiger partial charge in [-0.2, -0.15) is 16.8 Å². The third-order valence-electron chi connectivity index (χ3n) is 0.445. The number of carbonyl (C=O) groups is 1. The van der Waals surface area contributed by atoms with E-state index in [9.17, 15) is 21.6 Å². The van der Waals surface area contributed by atoms with Crippen LogP contribution in [0.4, 0.5) is 4.79 Å². The fourth-order valence-corrected chi connectivity index (χ4v) is 1.57. The molecule has 0 aromatic rings. The van der Waals surface area contributed by atoms with Gasteiger partial charge < -0.3 is 5.11 Å². The molecular formula is CH3NO7S2. The lowest BCUT2D eigenvalue weighted by molar-refractivity contribution is 0.219. The second kappa shape index (κ2) is 2.73. The largest absolute Gasteiger partial charge is 0.469 e. The fourth-order valence-electron chi connectivity index (χ4n) is 0.174. The van der Waals surface area contributed by atoms with Gasteiger partial charge in [-0.15, -0.1) is 0 Å². The monoisotopic (exact) mass is 205 g/mol. The first kappa shape index (κ1) is 10.3. The quantitative estimate of drug-likeness (QED) is 0.461. The number of hydrogen-bond acceptors (Lipinski definition) is 5. The summed E-state index contributed by atoms with van der Waals surface area (Å²) in [6, 6.07) is 0. The van der Waals surface area contributed by atoms with E-state index in [1.807, 2.05) is 0 Å². The van der Waals surface area contributed by atoms with Crippen LogP contribution >= 0.6 is 0 Å². The van der Waals surface area contributed by atoms with Crippen molar-refractivity contribution in [2.45, 2.75) is 0 Å². The summed E-state index contributed by atoms with van der Waals surface area (Å²) in [6.45, 7) is 0. The van der Waals surface area contributed by atoms with Gasteiger partial charge in [-0.25, -0.2) is 4.79 Å². The zero-order valence-electron chi connectivity index (χ0n) is 4.75. The summed E-state index contributed by atoms with van der Waals surface area (Å²) in [7, 11) is -10.1. The highest BCUT2D eigenvalue weighted by atomic mass is 32.3. The molecule has 0 heterocycles. The van der Waals surface area contributed by atoms with E-state index < -0.39 is 25.6 Å². The molecule has 0 atom stereocenters. The van der Waals surface area contributed by atoms with Gasteiger partial charge in [0, 0.05) is 0 Å². The molecule has 0 aliphatic heterocycles. The average Bonchev–Trinajstić information content (AvgIpc) is 1.56. The van der Waals surface area contributed by atoms with E-state index >= 15 is 0 Å². The molecule has 0 bridgehead atoms. The van der Waals surface area contributed by atoms with E-state index in [0.29, 0.717) is 4.13 Å². The molecule has 11 heavy (non-hydrogen) atoms. The Morgan fingerprint density at radius 2 is 1.55 bits per heavy atom. The van der Waals surface area contributed by atoms with Crippen LogP contribution < -0.4 is 4.13 Å². The third kappa shape index (κ3) is 3.87. The minimum atomic E-state index is -5.05. The summed E-state index contributed by atoms with van der Waals surface area (Å²) >= 11 is 0. The Hall–Kier alpha value is -0.710. The Labute approximate surface area is 61.8 Å². The van der Waals surface area contributed by atoms with E-state index in [-0.39, 0.29) is 0 Å². The zero-order valence-corrected chi connectivity index (χ0v) is 6.39. The van der Waals surface area contributed by atoms with Crippen LogP contribution in [-0.4, -0.2) is 31.8 Å². The van der Waals surface area contributed by atoms with Gasteiger partial charge in [0.25, 0.3) is 0 Å². The van der Waals surface area contributed by atoms with Crippen LogP contribution in [0.1, 0.15) is 0 Å². The first-order valence-electron chi connectivity index (χ1n) is 1.89. The van der Waals surface area contributed by atoms with E-state index in [4.69, 9.17) is 9.66 Å². The molecule has 0 saturated carbocycles. The molecule has 0 spiro atoms. The van der Waals surface area contributed by atoms with Gasteiger partial charge in [-0.1, -0.05) is 4.13 Å². The SMILES string of the molecule is O=C(O)S(=O)(=O)NS(=O)(=O)O. The highest BCUT2D eigenvalue weighted by Crippen LogP contribution is 1.87. The molecule has 8 nitrogen and oxygen atoms in total. The normalized spacial score (nSPS) is 12.8. The molecular weight excluding hydrogens is 202 g/mol.